The number of amides is 2. The number of nitrogens with zero attached hydrogens (tertiary/aromatic N) is 6. The maximum Gasteiger partial charge on any atom is 0.273 e. The number of nitrogens with one attached hydrogen (secondary N) is 2. The zero-order valence-electron chi connectivity index (χ0n) is 19.6. The summed E-state index contributed by atoms with van der Waals surface area (Å²) in [6.07, 6.45) is 6.33. The van der Waals surface area contributed by atoms with Gasteiger partial charge < -0.3 is 0 Å². The highest BCUT2D eigenvalue weighted by Crippen LogP contribution is 2.23. The van der Waals surface area contributed by atoms with E-state index in [0.717, 1.165) is 0 Å². The van der Waals surface area contributed by atoms with Crippen LogP contribution in [0.2, 0.25) is 0 Å². The van der Waals surface area contributed by atoms with Crippen molar-refractivity contribution in [3.05, 3.63) is 108 Å². The molecule has 4 rings (SSSR count). The highest BCUT2D eigenvalue weighted by atomic mass is 16.2. The summed E-state index contributed by atoms with van der Waals surface area (Å²) in [7, 11) is 0. The summed E-state index contributed by atoms with van der Waals surface area (Å²) >= 11 is 0. The standard InChI is InChI=1S/C26H22N8O2/c1-17(21-11-3-5-13-27-21)31-33-25(35)19-9-7-15-29-23(19)24-20(10-8-16-30-24)26(36)34-32-18(2)22-12-4-6-14-28-22/h3-16H,1-2H3,(H,33,35)(H,34,36)/b31-17+,32-18+. The summed E-state index contributed by atoms with van der Waals surface area (Å²) in [5.74, 6) is -1.01. The molecule has 0 spiro atoms. The Labute approximate surface area is 207 Å². The first-order valence-electron chi connectivity index (χ1n) is 11.0. The Bertz CT molecular complexity index is 1330. The van der Waals surface area contributed by atoms with E-state index in [2.05, 4.69) is 41.0 Å². The Hall–Kier alpha value is -5.12. The van der Waals surface area contributed by atoms with Crippen molar-refractivity contribution in [2.24, 2.45) is 10.2 Å². The number of carbonyl (C=O) groups excluding carboxylic acids is 2. The predicted octanol–water partition coefficient (Wildman–Crippen LogP) is 3.24. The zero-order valence-corrected chi connectivity index (χ0v) is 19.6. The molecular weight excluding hydrogens is 456 g/mol. The van der Waals surface area contributed by atoms with Gasteiger partial charge in [0.2, 0.25) is 0 Å². The van der Waals surface area contributed by atoms with Gasteiger partial charge in [-0.05, 0) is 62.4 Å². The fraction of sp³-hybridized carbons (Fsp3) is 0.0769. The Balaban J connectivity index is 1.59. The molecule has 4 heterocycles. The van der Waals surface area contributed by atoms with E-state index in [1.165, 1.54) is 12.4 Å². The fourth-order valence-corrected chi connectivity index (χ4v) is 3.21. The third-order valence-corrected chi connectivity index (χ3v) is 5.05. The van der Waals surface area contributed by atoms with Crippen molar-refractivity contribution in [3.63, 3.8) is 0 Å². The van der Waals surface area contributed by atoms with E-state index in [-0.39, 0.29) is 22.5 Å². The van der Waals surface area contributed by atoms with Crippen LogP contribution in [0.3, 0.4) is 0 Å². The van der Waals surface area contributed by atoms with E-state index >= 15 is 0 Å². The SMILES string of the molecule is C/C(=N\NC(=O)c1cccnc1-c1ncccc1C(=O)N/N=C(\C)c1ccccn1)c1ccccn1. The average molecular weight is 479 g/mol. The van der Waals surface area contributed by atoms with Crippen LogP contribution in [0.25, 0.3) is 11.4 Å². The second-order valence-electron chi connectivity index (χ2n) is 7.51. The fourth-order valence-electron chi connectivity index (χ4n) is 3.21. The summed E-state index contributed by atoms with van der Waals surface area (Å²) in [4.78, 5) is 43.1. The smallest absolute Gasteiger partial charge is 0.267 e. The first kappa shape index (κ1) is 24.0. The number of rotatable bonds is 7. The van der Waals surface area contributed by atoms with Crippen molar-refractivity contribution in [3.8, 4) is 11.4 Å². The first-order valence-corrected chi connectivity index (χ1v) is 11.0. The molecule has 0 unspecified atom stereocenters. The Morgan fingerprint density at radius 1 is 0.583 bits per heavy atom. The Morgan fingerprint density at radius 3 is 1.39 bits per heavy atom. The van der Waals surface area contributed by atoms with Crippen LogP contribution in [0.5, 0.6) is 0 Å². The lowest BCUT2D eigenvalue weighted by molar-refractivity contribution is 0.0945. The van der Waals surface area contributed by atoms with Crippen LogP contribution in [0.4, 0.5) is 0 Å². The molecular formula is C26H22N8O2. The molecule has 2 N–H and O–H groups in total. The van der Waals surface area contributed by atoms with Crippen molar-refractivity contribution in [1.29, 1.82) is 0 Å². The van der Waals surface area contributed by atoms with Gasteiger partial charge in [0.05, 0.1) is 33.9 Å². The van der Waals surface area contributed by atoms with Crippen LogP contribution in [-0.2, 0) is 0 Å². The van der Waals surface area contributed by atoms with Gasteiger partial charge in [0, 0.05) is 24.8 Å². The van der Waals surface area contributed by atoms with Gasteiger partial charge in [-0.15, -0.1) is 0 Å². The minimum atomic E-state index is -0.505. The van der Waals surface area contributed by atoms with E-state index in [9.17, 15) is 9.59 Å². The van der Waals surface area contributed by atoms with E-state index in [4.69, 9.17) is 0 Å². The molecule has 0 bridgehead atoms. The number of hydrazone groups is 2. The number of aromatic nitrogens is 4. The molecule has 2 amide bonds. The van der Waals surface area contributed by atoms with Gasteiger partial charge in [-0.25, -0.2) is 10.9 Å². The van der Waals surface area contributed by atoms with Crippen molar-refractivity contribution in [2.75, 3.05) is 0 Å². The molecule has 0 radical (unpaired) electrons. The number of pyridine rings is 4. The molecule has 0 aliphatic carbocycles. The largest absolute Gasteiger partial charge is 0.273 e. The molecule has 0 fully saturated rings. The van der Waals surface area contributed by atoms with Gasteiger partial charge in [-0.3, -0.25) is 29.5 Å². The summed E-state index contributed by atoms with van der Waals surface area (Å²) in [5.41, 5.74) is 8.27. The van der Waals surface area contributed by atoms with Crippen molar-refractivity contribution in [2.45, 2.75) is 13.8 Å². The van der Waals surface area contributed by atoms with Crippen LogP contribution >= 0.6 is 0 Å². The molecule has 4 aromatic heterocycles. The molecule has 0 aromatic carbocycles. The summed E-state index contributed by atoms with van der Waals surface area (Å²) in [6, 6.07) is 17.2. The predicted molar refractivity (Wildman–Crippen MR) is 135 cm³/mol. The van der Waals surface area contributed by atoms with E-state index in [1.54, 1.807) is 74.8 Å². The molecule has 10 nitrogen and oxygen atoms in total. The summed E-state index contributed by atoms with van der Waals surface area (Å²) in [5, 5.41) is 8.29. The molecule has 178 valence electrons. The molecule has 4 aromatic rings. The van der Waals surface area contributed by atoms with Crippen LogP contribution in [0.15, 0.2) is 95.7 Å². The van der Waals surface area contributed by atoms with Crippen molar-refractivity contribution in [1.82, 2.24) is 30.8 Å². The average Bonchev–Trinajstić information content (AvgIpc) is 2.95. The molecule has 0 aliphatic rings. The number of hydrogen-bond donors (Lipinski definition) is 2. The summed E-state index contributed by atoms with van der Waals surface area (Å²) < 4.78 is 0. The first-order chi connectivity index (χ1) is 17.5. The highest BCUT2D eigenvalue weighted by Gasteiger charge is 2.20. The highest BCUT2D eigenvalue weighted by molar-refractivity contribution is 6.06. The topological polar surface area (TPSA) is 134 Å². The van der Waals surface area contributed by atoms with Gasteiger partial charge in [-0.2, -0.15) is 10.2 Å². The van der Waals surface area contributed by atoms with Gasteiger partial charge in [-0.1, -0.05) is 12.1 Å². The monoisotopic (exact) mass is 478 g/mol. The number of hydrogen-bond acceptors (Lipinski definition) is 8. The third kappa shape index (κ3) is 5.68. The van der Waals surface area contributed by atoms with Crippen LogP contribution in [-0.4, -0.2) is 43.2 Å². The molecule has 0 saturated heterocycles. The van der Waals surface area contributed by atoms with E-state index in [1.807, 2.05) is 12.1 Å². The minimum absolute atomic E-state index is 0.205. The molecule has 0 saturated carbocycles. The molecule has 36 heavy (non-hydrogen) atoms. The van der Waals surface area contributed by atoms with E-state index < -0.39 is 11.8 Å². The van der Waals surface area contributed by atoms with Crippen LogP contribution < -0.4 is 10.9 Å². The lowest BCUT2D eigenvalue weighted by Gasteiger charge is -2.11. The zero-order chi connectivity index (χ0) is 25.3. The third-order valence-electron chi connectivity index (χ3n) is 5.05. The minimum Gasteiger partial charge on any atom is -0.267 e. The maximum atomic E-state index is 13.0. The quantitative estimate of drug-likeness (QED) is 0.309. The second-order valence-corrected chi connectivity index (χ2v) is 7.51. The van der Waals surface area contributed by atoms with Crippen LogP contribution in [0, 0.1) is 0 Å². The Kier molecular flexibility index (Phi) is 7.57. The normalized spacial score (nSPS) is 11.6. The Morgan fingerprint density at radius 2 is 1.00 bits per heavy atom. The van der Waals surface area contributed by atoms with E-state index in [0.29, 0.717) is 22.8 Å². The van der Waals surface area contributed by atoms with Gasteiger partial charge in [0.1, 0.15) is 11.4 Å². The lowest BCUT2D eigenvalue weighted by atomic mass is 10.1. The molecule has 10 heteroatoms. The molecule has 0 aliphatic heterocycles. The summed E-state index contributed by atoms with van der Waals surface area (Å²) in [6.45, 7) is 3.48. The lowest BCUT2D eigenvalue weighted by Crippen LogP contribution is -2.23. The number of carbonyl (C=O) groups is 2. The van der Waals surface area contributed by atoms with Gasteiger partial charge >= 0.3 is 0 Å². The van der Waals surface area contributed by atoms with Gasteiger partial charge in [0.15, 0.2) is 0 Å². The van der Waals surface area contributed by atoms with Crippen molar-refractivity contribution >= 4 is 23.2 Å². The van der Waals surface area contributed by atoms with Crippen LogP contribution in [0.1, 0.15) is 46.0 Å². The second kappa shape index (κ2) is 11.3. The van der Waals surface area contributed by atoms with Gasteiger partial charge in [0.25, 0.3) is 11.8 Å². The molecule has 0 atom stereocenters. The maximum absolute atomic E-state index is 13.0. The van der Waals surface area contributed by atoms with Crippen molar-refractivity contribution < 1.29 is 9.59 Å².